The molecule has 0 aromatic carbocycles. The lowest BCUT2D eigenvalue weighted by Gasteiger charge is -2.07. The van der Waals surface area contributed by atoms with Crippen molar-refractivity contribution in [3.63, 3.8) is 0 Å². The summed E-state index contributed by atoms with van der Waals surface area (Å²) >= 11 is 5.34. The molecule has 0 aliphatic rings. The van der Waals surface area contributed by atoms with Crippen LogP contribution < -0.4 is 5.69 Å². The maximum atomic E-state index is 11.1. The van der Waals surface area contributed by atoms with Gasteiger partial charge < -0.3 is 5.11 Å². The van der Waals surface area contributed by atoms with Crippen LogP contribution in [0.4, 0.5) is 5.69 Å². The fourth-order valence-corrected chi connectivity index (χ4v) is 1.04. The number of alkyl halides is 1. The molecule has 1 unspecified atom stereocenters. The minimum atomic E-state index is -0.937. The lowest BCUT2D eigenvalue weighted by molar-refractivity contribution is -0.385. The summed E-state index contributed by atoms with van der Waals surface area (Å²) in [5, 5.41) is 19.6. The molecule has 1 rings (SSSR count). The van der Waals surface area contributed by atoms with Gasteiger partial charge in [0.05, 0.1) is 29.6 Å². The van der Waals surface area contributed by atoms with Crippen LogP contribution >= 0.6 is 11.6 Å². The van der Waals surface area contributed by atoms with Crippen LogP contribution in [0.2, 0.25) is 0 Å². The molecule has 1 aromatic rings. The van der Waals surface area contributed by atoms with Crippen LogP contribution in [0.3, 0.4) is 0 Å². The standard InChI is InChI=1S/C7H8ClN3O4/c8-1-6(12)4-10-3-5(11(14)15)2-9-7(10)13/h2-3,6,12H,1,4H2. The topological polar surface area (TPSA) is 98.3 Å². The highest BCUT2D eigenvalue weighted by Crippen LogP contribution is 2.05. The summed E-state index contributed by atoms with van der Waals surface area (Å²) in [7, 11) is 0. The summed E-state index contributed by atoms with van der Waals surface area (Å²) in [6.07, 6.45) is 0.949. The Morgan fingerprint density at radius 2 is 2.40 bits per heavy atom. The van der Waals surface area contributed by atoms with Gasteiger partial charge in [0.1, 0.15) is 6.20 Å². The third kappa shape index (κ3) is 3.00. The Hall–Kier alpha value is -1.47. The SMILES string of the molecule is O=c1ncc([N+](=O)[O-])cn1CC(O)CCl. The first-order valence-electron chi connectivity index (χ1n) is 3.99. The van der Waals surface area contributed by atoms with E-state index in [-0.39, 0.29) is 18.1 Å². The summed E-state index contributed by atoms with van der Waals surface area (Å²) in [6.45, 7) is -0.114. The molecule has 7 nitrogen and oxygen atoms in total. The van der Waals surface area contributed by atoms with Gasteiger partial charge in [-0.25, -0.2) is 4.79 Å². The van der Waals surface area contributed by atoms with Gasteiger partial charge in [-0.3, -0.25) is 14.7 Å². The predicted octanol–water partition coefficient (Wildman–Crippen LogP) is -0.249. The summed E-state index contributed by atoms with van der Waals surface area (Å²) in [5.41, 5.74) is -0.971. The normalized spacial score (nSPS) is 12.4. The molecular weight excluding hydrogens is 226 g/mol. The Labute approximate surface area is 89.1 Å². The van der Waals surface area contributed by atoms with Crippen LogP contribution in [0.5, 0.6) is 0 Å². The second kappa shape index (κ2) is 4.85. The Kier molecular flexibility index (Phi) is 3.75. The van der Waals surface area contributed by atoms with E-state index in [2.05, 4.69) is 4.98 Å². The maximum absolute atomic E-state index is 11.1. The zero-order chi connectivity index (χ0) is 11.4. The molecule has 0 fully saturated rings. The highest BCUT2D eigenvalue weighted by molar-refractivity contribution is 6.18. The van der Waals surface area contributed by atoms with Crippen molar-refractivity contribution >= 4 is 17.3 Å². The lowest BCUT2D eigenvalue weighted by atomic mass is 10.4. The molecule has 1 heterocycles. The highest BCUT2D eigenvalue weighted by atomic mass is 35.5. The molecule has 15 heavy (non-hydrogen) atoms. The van der Waals surface area contributed by atoms with E-state index in [0.717, 1.165) is 17.0 Å². The fourth-order valence-electron chi connectivity index (χ4n) is 0.945. The number of halogens is 1. The van der Waals surface area contributed by atoms with Crippen molar-refractivity contribution < 1.29 is 10.0 Å². The molecule has 0 amide bonds. The summed E-state index contributed by atoms with van der Waals surface area (Å²) < 4.78 is 0.950. The number of hydrogen-bond donors (Lipinski definition) is 1. The predicted molar refractivity (Wildman–Crippen MR) is 51.9 cm³/mol. The van der Waals surface area contributed by atoms with Crippen LogP contribution in [0.15, 0.2) is 17.2 Å². The van der Waals surface area contributed by atoms with Gasteiger partial charge in [0.15, 0.2) is 0 Å². The van der Waals surface area contributed by atoms with E-state index in [9.17, 15) is 20.0 Å². The van der Waals surface area contributed by atoms with Gasteiger partial charge in [-0.15, -0.1) is 11.6 Å². The van der Waals surface area contributed by atoms with E-state index in [1.807, 2.05) is 0 Å². The van der Waals surface area contributed by atoms with Crippen molar-refractivity contribution in [1.29, 1.82) is 0 Å². The van der Waals surface area contributed by atoms with E-state index < -0.39 is 16.7 Å². The quantitative estimate of drug-likeness (QED) is 0.439. The summed E-state index contributed by atoms with van der Waals surface area (Å²) in [6, 6.07) is 0. The van der Waals surface area contributed by atoms with E-state index in [4.69, 9.17) is 11.6 Å². The molecular formula is C7H8ClN3O4. The van der Waals surface area contributed by atoms with Crippen molar-refractivity contribution in [3.8, 4) is 0 Å². The summed E-state index contributed by atoms with van der Waals surface area (Å²) in [4.78, 5) is 24.1. The molecule has 1 atom stereocenters. The third-order valence-corrected chi connectivity index (χ3v) is 1.99. The lowest BCUT2D eigenvalue weighted by Crippen LogP contribution is -2.28. The molecule has 0 saturated heterocycles. The van der Waals surface area contributed by atoms with Gasteiger partial charge in [0.2, 0.25) is 0 Å². The van der Waals surface area contributed by atoms with E-state index in [1.54, 1.807) is 0 Å². The Balaban J connectivity index is 3.00. The van der Waals surface area contributed by atoms with E-state index in [1.165, 1.54) is 0 Å². The fraction of sp³-hybridized carbons (Fsp3) is 0.429. The molecule has 1 aromatic heterocycles. The number of nitrogens with zero attached hydrogens (tertiary/aromatic N) is 3. The van der Waals surface area contributed by atoms with Crippen molar-refractivity contribution in [2.24, 2.45) is 0 Å². The number of aliphatic hydroxyl groups excluding tert-OH is 1. The first-order valence-corrected chi connectivity index (χ1v) is 4.53. The van der Waals surface area contributed by atoms with Crippen molar-refractivity contribution in [2.45, 2.75) is 12.6 Å². The Morgan fingerprint density at radius 3 is 2.93 bits per heavy atom. The average molecular weight is 234 g/mol. The maximum Gasteiger partial charge on any atom is 0.348 e. The second-order valence-electron chi connectivity index (χ2n) is 2.81. The molecule has 0 spiro atoms. The van der Waals surface area contributed by atoms with Gasteiger partial charge in [-0.1, -0.05) is 0 Å². The van der Waals surface area contributed by atoms with Gasteiger partial charge in [-0.2, -0.15) is 4.98 Å². The molecule has 0 aliphatic heterocycles. The second-order valence-corrected chi connectivity index (χ2v) is 3.12. The zero-order valence-corrected chi connectivity index (χ0v) is 8.29. The zero-order valence-electron chi connectivity index (χ0n) is 7.54. The highest BCUT2D eigenvalue weighted by Gasteiger charge is 2.11. The van der Waals surface area contributed by atoms with Crippen molar-refractivity contribution in [3.05, 3.63) is 33.0 Å². The number of hydrogen-bond acceptors (Lipinski definition) is 5. The van der Waals surface area contributed by atoms with Gasteiger partial charge in [-0.05, 0) is 0 Å². The molecule has 82 valence electrons. The molecule has 1 N–H and O–H groups in total. The van der Waals surface area contributed by atoms with Crippen LogP contribution in [0.1, 0.15) is 0 Å². The average Bonchev–Trinajstić information content (AvgIpc) is 2.20. The van der Waals surface area contributed by atoms with Crippen molar-refractivity contribution in [1.82, 2.24) is 9.55 Å². The number of aromatic nitrogens is 2. The number of nitro groups is 1. The van der Waals surface area contributed by atoms with E-state index >= 15 is 0 Å². The molecule has 0 aliphatic carbocycles. The first-order chi connectivity index (χ1) is 7.04. The molecule has 0 bridgehead atoms. The molecule has 0 saturated carbocycles. The third-order valence-electron chi connectivity index (χ3n) is 1.64. The van der Waals surface area contributed by atoms with Gasteiger partial charge in [0.25, 0.3) is 0 Å². The minimum Gasteiger partial charge on any atom is -0.390 e. The first kappa shape index (κ1) is 11.6. The minimum absolute atomic E-state index is 0.0604. The van der Waals surface area contributed by atoms with Crippen LogP contribution in [-0.4, -0.2) is 31.6 Å². The smallest absolute Gasteiger partial charge is 0.348 e. The Bertz CT molecular complexity index is 419. The van der Waals surface area contributed by atoms with Crippen LogP contribution in [0, 0.1) is 10.1 Å². The summed E-state index contributed by atoms with van der Waals surface area (Å²) in [5.74, 6) is -0.0604. The van der Waals surface area contributed by atoms with Crippen LogP contribution in [0.25, 0.3) is 0 Å². The Morgan fingerprint density at radius 1 is 1.73 bits per heavy atom. The van der Waals surface area contributed by atoms with Gasteiger partial charge in [0, 0.05) is 0 Å². The molecule has 8 heteroatoms. The molecule has 0 radical (unpaired) electrons. The largest absolute Gasteiger partial charge is 0.390 e. The van der Waals surface area contributed by atoms with E-state index in [0.29, 0.717) is 0 Å². The van der Waals surface area contributed by atoms with Gasteiger partial charge >= 0.3 is 11.4 Å². The number of rotatable bonds is 4. The monoisotopic (exact) mass is 233 g/mol. The van der Waals surface area contributed by atoms with Crippen LogP contribution in [-0.2, 0) is 6.54 Å². The van der Waals surface area contributed by atoms with Crippen molar-refractivity contribution in [2.75, 3.05) is 5.88 Å². The number of aliphatic hydroxyl groups is 1.